The van der Waals surface area contributed by atoms with Crippen molar-refractivity contribution in [3.05, 3.63) is 0 Å². The Morgan fingerprint density at radius 2 is 0.408 bits per heavy atom. The summed E-state index contributed by atoms with van der Waals surface area (Å²) < 4.78 is 0. The number of unbranched alkanes of at least 4 members (excludes halogenated alkanes) is 8. The molecule has 0 spiro atoms. The van der Waals surface area contributed by atoms with Crippen LogP contribution in [0.5, 0.6) is 0 Å². The van der Waals surface area contributed by atoms with Crippen molar-refractivity contribution in [2.45, 2.75) is 158 Å². The average Bonchev–Trinajstić information content (AvgIpc) is 3.05. The van der Waals surface area contributed by atoms with Crippen LogP contribution in [-0.4, -0.2) is 96.3 Å². The molecule has 290 valence electrons. The largest absolute Gasteiger partial charge is 4.00 e. The minimum atomic E-state index is -1.03. The molecular formula is C36H72MoN4O8. The summed E-state index contributed by atoms with van der Waals surface area (Å²) in [5.74, 6) is 0. The quantitative estimate of drug-likeness (QED) is 0.124. The second kappa shape index (κ2) is 43.8. The van der Waals surface area contributed by atoms with E-state index >= 15 is 0 Å². The Morgan fingerprint density at radius 3 is 0.469 bits per heavy atom. The Labute approximate surface area is 314 Å². The average molecular weight is 785 g/mol. The van der Waals surface area contributed by atoms with E-state index in [0.29, 0.717) is 52.4 Å². The van der Waals surface area contributed by atoms with Crippen LogP contribution in [0, 0.1) is 0 Å². The molecule has 0 aliphatic carbocycles. The second-order valence-corrected chi connectivity index (χ2v) is 11.8. The molecule has 0 aromatic rings. The summed E-state index contributed by atoms with van der Waals surface area (Å²) in [5, 5.41) is 42.1. The van der Waals surface area contributed by atoms with Gasteiger partial charge in [-0.2, -0.15) is 0 Å². The summed E-state index contributed by atoms with van der Waals surface area (Å²) in [7, 11) is 0. The fourth-order valence-electron chi connectivity index (χ4n) is 3.97. The zero-order valence-electron chi connectivity index (χ0n) is 32.4. The van der Waals surface area contributed by atoms with Crippen molar-refractivity contribution in [3.63, 3.8) is 0 Å². The maximum absolute atomic E-state index is 10.5. The third-order valence-corrected chi connectivity index (χ3v) is 7.29. The van der Waals surface area contributed by atoms with E-state index in [1.54, 1.807) is 0 Å². The van der Waals surface area contributed by atoms with E-state index in [-0.39, 0.29) is 21.1 Å². The van der Waals surface area contributed by atoms with E-state index in [1.807, 2.05) is 55.4 Å². The molecule has 0 aromatic carbocycles. The first kappa shape index (κ1) is 56.2. The van der Waals surface area contributed by atoms with Crippen LogP contribution in [-0.2, 0) is 21.1 Å². The Morgan fingerprint density at radius 1 is 0.306 bits per heavy atom. The minimum Gasteiger partial charge on any atom is -0.530 e. The van der Waals surface area contributed by atoms with Gasteiger partial charge in [-0.25, -0.2) is 0 Å². The van der Waals surface area contributed by atoms with Gasteiger partial charge in [0.25, 0.3) is 0 Å². The van der Waals surface area contributed by atoms with E-state index in [0.717, 1.165) is 103 Å². The smallest absolute Gasteiger partial charge is 0.530 e. The van der Waals surface area contributed by atoms with Gasteiger partial charge in [-0.3, -0.25) is 0 Å². The molecule has 0 atom stereocenters. The molecule has 0 aliphatic rings. The van der Waals surface area contributed by atoms with Gasteiger partial charge >= 0.3 is 21.1 Å². The summed E-state index contributed by atoms with van der Waals surface area (Å²) in [6.45, 7) is 21.4. The molecule has 0 heterocycles. The van der Waals surface area contributed by atoms with Crippen molar-refractivity contribution in [2.24, 2.45) is 0 Å². The summed E-state index contributed by atoms with van der Waals surface area (Å²) in [6.07, 6.45) is 11.5. The van der Waals surface area contributed by atoms with Crippen LogP contribution in [0.1, 0.15) is 158 Å². The van der Waals surface area contributed by atoms with Crippen LogP contribution in [0.3, 0.4) is 0 Å². The molecule has 0 rings (SSSR count). The molecule has 49 heavy (non-hydrogen) atoms. The molecule has 13 heteroatoms. The molecule has 0 saturated carbocycles. The molecule has 0 saturated heterocycles. The number of nitrogens with zero attached hydrogens (tertiary/aromatic N) is 4. The molecule has 0 aliphatic heterocycles. The number of hydrogen-bond donors (Lipinski definition) is 0. The number of hydrogen-bond acceptors (Lipinski definition) is 8. The van der Waals surface area contributed by atoms with Crippen LogP contribution in [0.25, 0.3) is 0 Å². The molecule has 0 radical (unpaired) electrons. The first-order chi connectivity index (χ1) is 22.9. The van der Waals surface area contributed by atoms with E-state index in [2.05, 4.69) is 0 Å². The van der Waals surface area contributed by atoms with Crippen molar-refractivity contribution in [1.82, 2.24) is 19.6 Å². The monoisotopic (exact) mass is 786 g/mol. The van der Waals surface area contributed by atoms with Crippen LogP contribution in [0.4, 0.5) is 19.2 Å². The molecule has 0 aromatic heterocycles. The predicted octanol–water partition coefficient (Wildman–Crippen LogP) is 4.93. The van der Waals surface area contributed by atoms with Crippen LogP contribution in [0.15, 0.2) is 0 Å². The number of amides is 4. The van der Waals surface area contributed by atoms with E-state index in [4.69, 9.17) is 0 Å². The number of carboxylic acid groups (broad SMARTS) is 4. The summed E-state index contributed by atoms with van der Waals surface area (Å²) in [4.78, 5) is 47.7. The van der Waals surface area contributed by atoms with Crippen molar-refractivity contribution in [3.8, 4) is 0 Å². The topological polar surface area (TPSA) is 173 Å². The van der Waals surface area contributed by atoms with Crippen molar-refractivity contribution in [2.75, 3.05) is 52.4 Å². The molecule has 0 N–H and O–H groups in total. The molecule has 0 bridgehead atoms. The first-order valence-corrected chi connectivity index (χ1v) is 18.7. The Bertz CT molecular complexity index is 598. The van der Waals surface area contributed by atoms with Crippen molar-refractivity contribution < 1.29 is 60.7 Å². The van der Waals surface area contributed by atoms with Gasteiger partial charge in [0.2, 0.25) is 0 Å². The number of carbonyl (C=O) groups excluding carboxylic acids is 4. The maximum atomic E-state index is 10.5. The molecule has 12 nitrogen and oxygen atoms in total. The van der Waals surface area contributed by atoms with Crippen LogP contribution >= 0.6 is 0 Å². The minimum absolute atomic E-state index is 0. The Kier molecular flexibility index (Phi) is 50.2. The maximum Gasteiger partial charge on any atom is 4.00 e. The van der Waals surface area contributed by atoms with Gasteiger partial charge in [-0.05, 0) is 51.4 Å². The van der Waals surface area contributed by atoms with Gasteiger partial charge in [-0.15, -0.1) is 0 Å². The van der Waals surface area contributed by atoms with Gasteiger partial charge in [0, 0.05) is 52.4 Å². The number of rotatable bonds is 24. The van der Waals surface area contributed by atoms with E-state index in [1.165, 1.54) is 19.6 Å². The zero-order valence-corrected chi connectivity index (χ0v) is 34.4. The van der Waals surface area contributed by atoms with Crippen LogP contribution in [0.2, 0.25) is 0 Å². The SMILES string of the molecule is CCCCN(CCCC)C(=O)[O-].CCCCN(CCCC)C(=O)[O-].CCCCN(CCCC)C(=O)[O-].CCCCN(CCCC)C(=O)[O-].[Mo+4]. The summed E-state index contributed by atoms with van der Waals surface area (Å²) >= 11 is 0. The third kappa shape index (κ3) is 41.9. The van der Waals surface area contributed by atoms with Gasteiger partial charge in [-0.1, -0.05) is 107 Å². The predicted molar refractivity (Wildman–Crippen MR) is 187 cm³/mol. The van der Waals surface area contributed by atoms with Gasteiger partial charge in [0.1, 0.15) is 24.4 Å². The third-order valence-electron chi connectivity index (χ3n) is 7.29. The summed E-state index contributed by atoms with van der Waals surface area (Å²) in [6, 6.07) is 0. The summed E-state index contributed by atoms with van der Waals surface area (Å²) in [5.41, 5.74) is 0. The van der Waals surface area contributed by atoms with Gasteiger partial charge in [0.05, 0.1) is 0 Å². The fourth-order valence-corrected chi connectivity index (χ4v) is 3.97. The van der Waals surface area contributed by atoms with Crippen molar-refractivity contribution in [1.29, 1.82) is 0 Å². The first-order valence-electron chi connectivity index (χ1n) is 18.7. The fraction of sp³-hybridized carbons (Fsp3) is 0.889. The second-order valence-electron chi connectivity index (χ2n) is 11.8. The van der Waals surface area contributed by atoms with Crippen molar-refractivity contribution >= 4 is 24.4 Å². The standard InChI is InChI=1S/4C9H19NO2.Mo/c4*1-3-5-7-10(9(11)12)8-6-4-2;/h4*3-8H2,1-2H3,(H,11,12);/q;;;;+4/p-4. The molecular weight excluding hydrogens is 712 g/mol. The zero-order chi connectivity index (χ0) is 37.6. The molecule has 0 fully saturated rings. The van der Waals surface area contributed by atoms with Crippen LogP contribution < -0.4 is 20.4 Å². The Balaban J connectivity index is -0.000000174. The normalized spacial score (nSPS) is 9.63. The van der Waals surface area contributed by atoms with E-state index < -0.39 is 24.4 Å². The molecule has 4 amide bonds. The van der Waals surface area contributed by atoms with Gasteiger partial charge in [0.15, 0.2) is 0 Å². The van der Waals surface area contributed by atoms with E-state index in [9.17, 15) is 39.6 Å². The number of carbonyl (C=O) groups is 4. The van der Waals surface area contributed by atoms with Gasteiger partial charge < -0.3 is 59.2 Å². The Hall–Kier alpha value is -2.23. The molecule has 0 unspecified atom stereocenters.